The zero-order valence-corrected chi connectivity index (χ0v) is 26.7. The summed E-state index contributed by atoms with van der Waals surface area (Å²) >= 11 is 24.0. The van der Waals surface area contributed by atoms with Gasteiger partial charge in [-0.2, -0.15) is 0 Å². The van der Waals surface area contributed by atoms with Crippen molar-refractivity contribution >= 4 is 75.6 Å². The van der Waals surface area contributed by atoms with Crippen LogP contribution < -0.4 is 24.0 Å². The lowest BCUT2D eigenvalue weighted by Gasteiger charge is -2.29. The number of halogens is 4. The van der Waals surface area contributed by atoms with Crippen molar-refractivity contribution in [3.63, 3.8) is 0 Å². The highest BCUT2D eigenvalue weighted by atomic mass is 35.5. The van der Waals surface area contributed by atoms with Crippen molar-refractivity contribution in [3.05, 3.63) is 104 Å². The van der Waals surface area contributed by atoms with Crippen molar-refractivity contribution in [3.8, 4) is 23.0 Å². The third kappa shape index (κ3) is 7.21. The number of rotatable bonds is 5. The van der Waals surface area contributed by atoms with E-state index in [1.54, 1.807) is 21.9 Å². The van der Waals surface area contributed by atoms with Gasteiger partial charge < -0.3 is 34.2 Å². The molecule has 0 atom stereocenters. The summed E-state index contributed by atoms with van der Waals surface area (Å²) in [5, 5.41) is 18.5. The number of carbonyl (C=O) groups is 3. The fourth-order valence-electron chi connectivity index (χ4n) is 4.72. The third-order valence-electron chi connectivity index (χ3n) is 6.80. The minimum absolute atomic E-state index is 0.0321. The van der Waals surface area contributed by atoms with E-state index in [-0.39, 0.29) is 49.0 Å². The number of hydrogen-bond acceptors (Lipinski definition) is 7. The molecular weight excluding hydrogens is 682 g/mol. The fourth-order valence-corrected chi connectivity index (χ4v) is 5.80. The Hall–Kier alpha value is -4.35. The average Bonchev–Trinajstić information content (AvgIpc) is 3.05. The second-order valence-corrected chi connectivity index (χ2v) is 11.4. The summed E-state index contributed by atoms with van der Waals surface area (Å²) in [6, 6.07) is 20.2. The van der Waals surface area contributed by atoms with Crippen molar-refractivity contribution in [1.82, 2.24) is 0 Å². The van der Waals surface area contributed by atoms with Crippen molar-refractivity contribution < 1.29 is 38.8 Å². The highest BCUT2D eigenvalue weighted by Crippen LogP contribution is 2.38. The van der Waals surface area contributed by atoms with Gasteiger partial charge in [-0.05, 0) is 48.5 Å². The van der Waals surface area contributed by atoms with Crippen LogP contribution in [0.3, 0.4) is 0 Å². The standard InChI is InChI=1S/C17H13Cl2NO5.C15H11Cl2NO3/c18-11-7-10(8-12(19)16(11)25-9-15(21)22)17(23)20-5-6-24-14-4-2-1-3-13(14)20;16-10-7-9(8-11(17)14(10)19)15(20)18-5-6-21-13-4-2-1-3-12(13)18/h1-4,7-8H,5-6,9H2,(H,21,22);1-4,7-8,19H,5-6H2. The Bertz CT molecular complexity index is 1770. The maximum atomic E-state index is 12.9. The van der Waals surface area contributed by atoms with Gasteiger partial charge in [-0.15, -0.1) is 0 Å². The Balaban J connectivity index is 0.000000184. The highest BCUT2D eigenvalue weighted by molar-refractivity contribution is 6.38. The summed E-state index contributed by atoms with van der Waals surface area (Å²) in [5.74, 6) is -0.591. The molecule has 10 nitrogen and oxygen atoms in total. The Morgan fingerprint density at radius 1 is 0.696 bits per heavy atom. The number of phenolic OH excluding ortho intramolecular Hbond substituents is 1. The van der Waals surface area contributed by atoms with Gasteiger partial charge in [-0.1, -0.05) is 70.7 Å². The first-order valence-electron chi connectivity index (χ1n) is 13.6. The molecule has 2 aliphatic rings. The minimum atomic E-state index is -1.16. The molecule has 46 heavy (non-hydrogen) atoms. The van der Waals surface area contributed by atoms with Crippen LogP contribution in [0, 0.1) is 0 Å². The predicted molar refractivity (Wildman–Crippen MR) is 175 cm³/mol. The number of fused-ring (bicyclic) bond motifs is 2. The number of para-hydroxylation sites is 4. The van der Waals surface area contributed by atoms with E-state index in [4.69, 9.17) is 65.7 Å². The lowest BCUT2D eigenvalue weighted by atomic mass is 10.1. The van der Waals surface area contributed by atoms with E-state index in [0.717, 1.165) is 0 Å². The number of carboxylic acid groups (broad SMARTS) is 1. The second-order valence-electron chi connectivity index (χ2n) is 9.79. The maximum Gasteiger partial charge on any atom is 0.341 e. The summed E-state index contributed by atoms with van der Waals surface area (Å²) in [5.41, 5.74) is 1.96. The Morgan fingerprint density at radius 2 is 1.11 bits per heavy atom. The molecule has 2 heterocycles. The quantitative estimate of drug-likeness (QED) is 0.223. The Morgan fingerprint density at radius 3 is 1.54 bits per heavy atom. The molecule has 4 aromatic rings. The van der Waals surface area contributed by atoms with E-state index in [2.05, 4.69) is 0 Å². The molecule has 0 saturated carbocycles. The molecule has 0 aliphatic carbocycles. The molecular formula is C32H24Cl4N2O8. The first-order chi connectivity index (χ1) is 22.0. The molecule has 0 bridgehead atoms. The highest BCUT2D eigenvalue weighted by Gasteiger charge is 2.27. The third-order valence-corrected chi connectivity index (χ3v) is 7.93. The molecule has 6 rings (SSSR count). The topological polar surface area (TPSA) is 126 Å². The normalized spacial score (nSPS) is 13.2. The molecule has 0 unspecified atom stereocenters. The average molecular weight is 706 g/mol. The predicted octanol–water partition coefficient (Wildman–Crippen LogP) is 7.23. The number of aliphatic carboxylic acids is 1. The van der Waals surface area contributed by atoms with Gasteiger partial charge in [0.2, 0.25) is 0 Å². The first kappa shape index (κ1) is 33.0. The van der Waals surface area contributed by atoms with E-state index < -0.39 is 12.6 Å². The van der Waals surface area contributed by atoms with E-state index in [1.165, 1.54) is 24.3 Å². The van der Waals surface area contributed by atoms with Gasteiger partial charge in [0.15, 0.2) is 18.1 Å². The summed E-state index contributed by atoms with van der Waals surface area (Å²) in [6.45, 7) is 1.05. The summed E-state index contributed by atoms with van der Waals surface area (Å²) in [6.07, 6.45) is 0. The summed E-state index contributed by atoms with van der Waals surface area (Å²) in [4.78, 5) is 39.3. The number of amides is 2. The number of anilines is 2. The van der Waals surface area contributed by atoms with Crippen LogP contribution in [-0.2, 0) is 4.79 Å². The van der Waals surface area contributed by atoms with E-state index in [0.29, 0.717) is 54.7 Å². The number of ether oxygens (including phenoxy) is 3. The molecule has 0 aromatic heterocycles. The fraction of sp³-hybridized carbons (Fsp3) is 0.156. The van der Waals surface area contributed by atoms with Crippen molar-refractivity contribution in [2.24, 2.45) is 0 Å². The van der Waals surface area contributed by atoms with Gasteiger partial charge >= 0.3 is 5.97 Å². The van der Waals surface area contributed by atoms with Crippen LogP contribution in [0.4, 0.5) is 11.4 Å². The van der Waals surface area contributed by atoms with E-state index >= 15 is 0 Å². The zero-order valence-electron chi connectivity index (χ0n) is 23.7. The van der Waals surface area contributed by atoms with Gasteiger partial charge in [0, 0.05) is 11.1 Å². The van der Waals surface area contributed by atoms with E-state index in [9.17, 15) is 19.5 Å². The molecule has 238 valence electrons. The maximum absolute atomic E-state index is 12.9. The number of carboxylic acids is 1. The largest absolute Gasteiger partial charge is 0.505 e. The van der Waals surface area contributed by atoms with Crippen LogP contribution in [0.25, 0.3) is 0 Å². The van der Waals surface area contributed by atoms with Crippen LogP contribution in [0.15, 0.2) is 72.8 Å². The molecule has 0 spiro atoms. The van der Waals surface area contributed by atoms with Crippen LogP contribution in [0.5, 0.6) is 23.0 Å². The number of benzene rings is 4. The first-order valence-corrected chi connectivity index (χ1v) is 15.2. The molecule has 2 amide bonds. The zero-order chi connectivity index (χ0) is 33.0. The van der Waals surface area contributed by atoms with Crippen LogP contribution >= 0.6 is 46.4 Å². The summed E-state index contributed by atoms with van der Waals surface area (Å²) in [7, 11) is 0. The van der Waals surface area contributed by atoms with Crippen molar-refractivity contribution in [1.29, 1.82) is 0 Å². The van der Waals surface area contributed by atoms with Crippen molar-refractivity contribution in [2.75, 3.05) is 42.7 Å². The number of carbonyl (C=O) groups excluding carboxylic acids is 2. The van der Waals surface area contributed by atoms with Crippen molar-refractivity contribution in [2.45, 2.75) is 0 Å². The molecule has 0 fully saturated rings. The molecule has 0 saturated heterocycles. The van der Waals surface area contributed by atoms with Crippen LogP contribution in [0.1, 0.15) is 20.7 Å². The number of hydrogen-bond donors (Lipinski definition) is 2. The summed E-state index contributed by atoms with van der Waals surface area (Å²) < 4.78 is 16.1. The lowest BCUT2D eigenvalue weighted by Crippen LogP contribution is -2.37. The molecule has 2 aliphatic heterocycles. The minimum Gasteiger partial charge on any atom is -0.505 e. The van der Waals surface area contributed by atoms with Gasteiger partial charge in [0.05, 0.1) is 44.6 Å². The SMILES string of the molecule is O=C(O)COc1c(Cl)cc(C(=O)N2CCOc3ccccc32)cc1Cl.O=C(c1cc(Cl)c(O)c(Cl)c1)N1CCOc2ccccc21. The Kier molecular flexibility index (Phi) is 10.3. The van der Waals surface area contributed by atoms with Crippen LogP contribution in [0.2, 0.25) is 20.1 Å². The van der Waals surface area contributed by atoms with Gasteiger partial charge in [0.1, 0.15) is 24.7 Å². The Labute approximate surface area is 283 Å². The van der Waals surface area contributed by atoms with E-state index in [1.807, 2.05) is 36.4 Å². The number of nitrogens with zero attached hydrogens (tertiary/aromatic N) is 2. The van der Waals surface area contributed by atoms with Gasteiger partial charge in [0.25, 0.3) is 11.8 Å². The molecule has 14 heteroatoms. The van der Waals surface area contributed by atoms with Gasteiger partial charge in [-0.25, -0.2) is 4.79 Å². The number of aromatic hydroxyl groups is 1. The lowest BCUT2D eigenvalue weighted by molar-refractivity contribution is -0.139. The molecule has 0 radical (unpaired) electrons. The molecule has 4 aromatic carbocycles. The monoisotopic (exact) mass is 704 g/mol. The smallest absolute Gasteiger partial charge is 0.341 e. The van der Waals surface area contributed by atoms with Crippen LogP contribution in [-0.4, -0.2) is 60.9 Å². The number of phenols is 1. The molecule has 2 N–H and O–H groups in total. The van der Waals surface area contributed by atoms with Gasteiger partial charge in [-0.3, -0.25) is 9.59 Å². The second kappa shape index (κ2) is 14.4.